The van der Waals surface area contributed by atoms with E-state index in [1.807, 2.05) is 18.2 Å². The number of hydrogen-bond donors (Lipinski definition) is 3. The molecule has 2 aromatic carbocycles. The van der Waals surface area contributed by atoms with Crippen molar-refractivity contribution in [2.75, 3.05) is 37.9 Å². The van der Waals surface area contributed by atoms with Crippen LogP contribution in [0.5, 0.6) is 11.5 Å². The molecule has 1 aliphatic heterocycles. The summed E-state index contributed by atoms with van der Waals surface area (Å²) in [6.07, 6.45) is 3.83. The van der Waals surface area contributed by atoms with Crippen molar-refractivity contribution in [3.8, 4) is 22.6 Å². The number of anilines is 3. The molecule has 3 N–H and O–H groups in total. The van der Waals surface area contributed by atoms with Crippen molar-refractivity contribution < 1.29 is 9.47 Å². The Bertz CT molecular complexity index is 1070. The van der Waals surface area contributed by atoms with Gasteiger partial charge < -0.3 is 25.4 Å². The predicted octanol–water partition coefficient (Wildman–Crippen LogP) is 5.38. The molecule has 168 valence electrons. The fraction of sp³-hybridized carbons (Fsp3) is 0.304. The summed E-state index contributed by atoms with van der Waals surface area (Å²) in [5.41, 5.74) is 2.52. The molecular formula is C23H25Cl2N5O2. The largest absolute Gasteiger partial charge is 0.493 e. The number of methoxy groups -OCH3 is 2. The second-order valence-corrected chi connectivity index (χ2v) is 8.35. The van der Waals surface area contributed by atoms with Crippen molar-refractivity contribution in [2.24, 2.45) is 0 Å². The van der Waals surface area contributed by atoms with E-state index in [-0.39, 0.29) is 0 Å². The Morgan fingerprint density at radius 3 is 2.38 bits per heavy atom. The van der Waals surface area contributed by atoms with Gasteiger partial charge in [-0.3, -0.25) is 0 Å². The molecule has 1 saturated heterocycles. The number of hydrogen-bond acceptors (Lipinski definition) is 7. The zero-order valence-electron chi connectivity index (χ0n) is 17.9. The fourth-order valence-electron chi connectivity index (χ4n) is 3.68. The molecule has 0 aliphatic carbocycles. The number of piperidine rings is 1. The summed E-state index contributed by atoms with van der Waals surface area (Å²) in [5.74, 6) is 2.51. The van der Waals surface area contributed by atoms with E-state index in [0.29, 0.717) is 39.2 Å². The standard InChI is InChI=1S/C23H25Cl2N5O2/c1-31-20-4-3-14(9-21(20)32-2)19-13-27-23(29-18-11-15(24)10-16(25)12-18)30-22(19)28-17-5-7-26-8-6-17/h3-4,9-13,17,26H,5-8H2,1-2H3,(H2,27,28,29,30). The Kier molecular flexibility index (Phi) is 7.19. The van der Waals surface area contributed by atoms with Crippen molar-refractivity contribution in [3.63, 3.8) is 0 Å². The summed E-state index contributed by atoms with van der Waals surface area (Å²) in [5, 5.41) is 11.3. The summed E-state index contributed by atoms with van der Waals surface area (Å²) in [6, 6.07) is 11.3. The van der Waals surface area contributed by atoms with Gasteiger partial charge in [0, 0.05) is 33.5 Å². The number of nitrogens with zero attached hydrogens (tertiary/aromatic N) is 2. The van der Waals surface area contributed by atoms with Gasteiger partial charge in [-0.05, 0) is 61.8 Å². The average molecular weight is 474 g/mol. The normalized spacial score (nSPS) is 14.1. The fourth-order valence-corrected chi connectivity index (χ4v) is 4.21. The van der Waals surface area contributed by atoms with E-state index in [9.17, 15) is 0 Å². The van der Waals surface area contributed by atoms with E-state index >= 15 is 0 Å². The van der Waals surface area contributed by atoms with Gasteiger partial charge in [-0.15, -0.1) is 0 Å². The minimum atomic E-state index is 0.318. The van der Waals surface area contributed by atoms with E-state index in [0.717, 1.165) is 42.9 Å². The molecule has 4 rings (SSSR count). The molecule has 0 amide bonds. The summed E-state index contributed by atoms with van der Waals surface area (Å²) >= 11 is 12.3. The lowest BCUT2D eigenvalue weighted by atomic mass is 10.0. The number of rotatable bonds is 7. The van der Waals surface area contributed by atoms with E-state index in [4.69, 9.17) is 37.7 Å². The summed E-state index contributed by atoms with van der Waals surface area (Å²) in [4.78, 5) is 9.31. The number of halogens is 2. The summed E-state index contributed by atoms with van der Waals surface area (Å²) in [7, 11) is 3.24. The second kappa shape index (κ2) is 10.3. The van der Waals surface area contributed by atoms with Crippen LogP contribution < -0.4 is 25.4 Å². The Hall–Kier alpha value is -2.74. The van der Waals surface area contributed by atoms with Crippen LogP contribution in [0.25, 0.3) is 11.1 Å². The van der Waals surface area contributed by atoms with Crippen LogP contribution >= 0.6 is 23.2 Å². The Morgan fingerprint density at radius 1 is 0.969 bits per heavy atom. The SMILES string of the molecule is COc1ccc(-c2cnc(Nc3cc(Cl)cc(Cl)c3)nc2NC2CCNCC2)cc1OC. The molecule has 0 bridgehead atoms. The summed E-state index contributed by atoms with van der Waals surface area (Å²) < 4.78 is 10.9. The maximum absolute atomic E-state index is 6.13. The first kappa shape index (κ1) is 22.5. The van der Waals surface area contributed by atoms with E-state index in [1.54, 1.807) is 38.6 Å². The maximum atomic E-state index is 6.13. The topological polar surface area (TPSA) is 80.3 Å². The first-order chi connectivity index (χ1) is 15.6. The van der Waals surface area contributed by atoms with Gasteiger partial charge in [0.1, 0.15) is 5.82 Å². The smallest absolute Gasteiger partial charge is 0.229 e. The van der Waals surface area contributed by atoms with Crippen LogP contribution in [0.4, 0.5) is 17.5 Å². The minimum Gasteiger partial charge on any atom is -0.493 e. The molecule has 0 radical (unpaired) electrons. The van der Waals surface area contributed by atoms with Gasteiger partial charge in [0.25, 0.3) is 0 Å². The number of ether oxygens (including phenoxy) is 2. The first-order valence-electron chi connectivity index (χ1n) is 10.4. The van der Waals surface area contributed by atoms with Gasteiger partial charge in [-0.2, -0.15) is 4.98 Å². The number of benzene rings is 2. The Labute approximate surface area is 197 Å². The van der Waals surface area contributed by atoms with Crippen LogP contribution in [0.2, 0.25) is 10.0 Å². The Balaban J connectivity index is 1.70. The highest BCUT2D eigenvalue weighted by Crippen LogP contribution is 2.35. The van der Waals surface area contributed by atoms with Gasteiger partial charge in [0.05, 0.1) is 14.2 Å². The van der Waals surface area contributed by atoms with Crippen LogP contribution in [0.15, 0.2) is 42.6 Å². The molecule has 2 heterocycles. The first-order valence-corrected chi connectivity index (χ1v) is 11.1. The monoisotopic (exact) mass is 473 g/mol. The lowest BCUT2D eigenvalue weighted by Gasteiger charge is -2.25. The number of aromatic nitrogens is 2. The van der Waals surface area contributed by atoms with Crippen LogP contribution in [0.1, 0.15) is 12.8 Å². The third-order valence-electron chi connectivity index (χ3n) is 5.28. The van der Waals surface area contributed by atoms with E-state index in [2.05, 4.69) is 20.9 Å². The van der Waals surface area contributed by atoms with Gasteiger partial charge in [0.2, 0.25) is 5.95 Å². The highest BCUT2D eigenvalue weighted by atomic mass is 35.5. The van der Waals surface area contributed by atoms with Gasteiger partial charge in [-0.1, -0.05) is 29.3 Å². The summed E-state index contributed by atoms with van der Waals surface area (Å²) in [6.45, 7) is 1.95. The van der Waals surface area contributed by atoms with Crippen molar-refractivity contribution in [3.05, 3.63) is 52.6 Å². The highest BCUT2D eigenvalue weighted by Gasteiger charge is 2.18. The van der Waals surface area contributed by atoms with Gasteiger partial charge in [0.15, 0.2) is 11.5 Å². The predicted molar refractivity (Wildman–Crippen MR) is 130 cm³/mol. The zero-order chi connectivity index (χ0) is 22.5. The molecule has 1 aliphatic rings. The molecule has 9 heteroatoms. The molecule has 0 spiro atoms. The third kappa shape index (κ3) is 5.35. The quantitative estimate of drug-likeness (QED) is 0.425. The molecule has 3 aromatic rings. The molecule has 7 nitrogen and oxygen atoms in total. The molecule has 0 atom stereocenters. The van der Waals surface area contributed by atoms with Crippen molar-refractivity contribution >= 4 is 40.7 Å². The van der Waals surface area contributed by atoms with Crippen LogP contribution in [-0.2, 0) is 0 Å². The highest BCUT2D eigenvalue weighted by molar-refractivity contribution is 6.35. The second-order valence-electron chi connectivity index (χ2n) is 7.48. The van der Waals surface area contributed by atoms with Crippen molar-refractivity contribution in [2.45, 2.75) is 18.9 Å². The molecule has 0 unspecified atom stereocenters. The molecule has 1 aromatic heterocycles. The lowest BCUT2D eigenvalue weighted by molar-refractivity contribution is 0.355. The lowest BCUT2D eigenvalue weighted by Crippen LogP contribution is -2.35. The molecular weight excluding hydrogens is 449 g/mol. The molecule has 32 heavy (non-hydrogen) atoms. The average Bonchev–Trinajstić information content (AvgIpc) is 2.79. The van der Waals surface area contributed by atoms with Gasteiger partial charge in [-0.25, -0.2) is 4.98 Å². The van der Waals surface area contributed by atoms with Crippen molar-refractivity contribution in [1.29, 1.82) is 0 Å². The van der Waals surface area contributed by atoms with Crippen molar-refractivity contribution in [1.82, 2.24) is 15.3 Å². The molecule has 0 saturated carbocycles. The Morgan fingerprint density at radius 2 is 1.69 bits per heavy atom. The maximum Gasteiger partial charge on any atom is 0.229 e. The zero-order valence-corrected chi connectivity index (χ0v) is 19.4. The van der Waals surface area contributed by atoms with Crippen LogP contribution in [0.3, 0.4) is 0 Å². The van der Waals surface area contributed by atoms with Crippen LogP contribution in [-0.4, -0.2) is 43.3 Å². The minimum absolute atomic E-state index is 0.318. The van der Waals surface area contributed by atoms with Gasteiger partial charge >= 0.3 is 0 Å². The third-order valence-corrected chi connectivity index (χ3v) is 5.72. The van der Waals surface area contributed by atoms with E-state index < -0.39 is 0 Å². The number of nitrogens with one attached hydrogen (secondary N) is 3. The molecule has 1 fully saturated rings. The van der Waals surface area contributed by atoms with Crippen LogP contribution in [0, 0.1) is 0 Å². The van der Waals surface area contributed by atoms with E-state index in [1.165, 1.54) is 0 Å².